The van der Waals surface area contributed by atoms with Crippen molar-refractivity contribution in [3.63, 3.8) is 0 Å². The van der Waals surface area contributed by atoms with Crippen LogP contribution in [0.4, 0.5) is 5.00 Å². The van der Waals surface area contributed by atoms with Crippen molar-refractivity contribution in [2.75, 3.05) is 0 Å². The number of hydrogen-bond acceptors (Lipinski definition) is 5. The lowest BCUT2D eigenvalue weighted by atomic mass is 10.5. The highest BCUT2D eigenvalue weighted by molar-refractivity contribution is 7.16. The molecule has 0 aromatic carbocycles. The molecule has 5 nitrogen and oxygen atoms in total. The monoisotopic (exact) mass is 174 g/mol. The maximum Gasteiger partial charge on any atom is 0.219 e. The number of nitrogens with zero attached hydrogens (tertiary/aromatic N) is 1. The van der Waals surface area contributed by atoms with Gasteiger partial charge in [-0.3, -0.25) is 0 Å². The molecule has 1 heterocycles. The third-order valence-electron chi connectivity index (χ3n) is 1.02. The topological polar surface area (TPSA) is 80.3 Å². The first-order chi connectivity index (χ1) is 5.24. The van der Waals surface area contributed by atoms with Gasteiger partial charge in [-0.05, 0) is 6.07 Å². The van der Waals surface area contributed by atoms with Crippen LogP contribution in [-0.4, -0.2) is 16.6 Å². The third kappa shape index (κ3) is 1.99. The summed E-state index contributed by atoms with van der Waals surface area (Å²) in [5.74, 6) is 0. The zero-order chi connectivity index (χ0) is 8.27. The van der Waals surface area contributed by atoms with Gasteiger partial charge in [0.25, 0.3) is 0 Å². The van der Waals surface area contributed by atoms with Gasteiger partial charge in [0.1, 0.15) is 0 Å². The van der Waals surface area contributed by atoms with Gasteiger partial charge in [-0.25, -0.2) is 5.21 Å². The van der Waals surface area contributed by atoms with Gasteiger partial charge >= 0.3 is 0 Å². The summed E-state index contributed by atoms with van der Waals surface area (Å²) in [5.41, 5.74) is 0. The Kier molecular flexibility index (Phi) is 2.55. The fraction of sp³-hybridized carbons (Fsp3) is 0. The molecule has 0 spiro atoms. The molecule has 1 aromatic heterocycles. The molecule has 1 atom stereocenters. The van der Waals surface area contributed by atoms with E-state index in [9.17, 15) is 5.21 Å². The van der Waals surface area contributed by atoms with Crippen molar-refractivity contribution in [2.24, 2.45) is 5.16 Å². The lowest BCUT2D eigenvalue weighted by Gasteiger charge is -2.06. The van der Waals surface area contributed by atoms with Crippen LogP contribution in [0.5, 0.6) is 0 Å². The molecule has 0 aliphatic carbocycles. The minimum Gasteiger partial charge on any atom is -0.594 e. The second-order valence-electron chi connectivity index (χ2n) is 1.75. The van der Waals surface area contributed by atoms with Crippen molar-refractivity contribution in [1.29, 1.82) is 0 Å². The average molecular weight is 174 g/mol. The number of hydrogen-bond donors (Lipinski definition) is 3. The molecule has 60 valence electrons. The maximum absolute atomic E-state index is 10.3. The number of nitrogens with one attached hydrogen (secondary N) is 1. The van der Waals surface area contributed by atoms with Gasteiger partial charge in [0.15, 0.2) is 0 Å². The molecule has 0 saturated carbocycles. The predicted octanol–water partition coefficient (Wildman–Crippen LogP) is -0.0404. The summed E-state index contributed by atoms with van der Waals surface area (Å²) in [6.45, 7) is 0. The van der Waals surface area contributed by atoms with Crippen molar-refractivity contribution >= 4 is 22.6 Å². The molecule has 0 amide bonds. The van der Waals surface area contributed by atoms with E-state index in [1.54, 1.807) is 6.07 Å². The summed E-state index contributed by atoms with van der Waals surface area (Å²) in [6.07, 6.45) is 1.19. The van der Waals surface area contributed by atoms with Gasteiger partial charge in [0.2, 0.25) is 5.00 Å². The smallest absolute Gasteiger partial charge is 0.219 e. The minimum absolute atomic E-state index is 0.236. The summed E-state index contributed by atoms with van der Waals surface area (Å²) in [4.78, 5) is 0.616. The molecule has 0 bridgehead atoms. The Bertz CT molecular complexity index is 258. The molecule has 1 unspecified atom stereocenters. The van der Waals surface area contributed by atoms with E-state index < -0.39 is 5.23 Å². The van der Waals surface area contributed by atoms with Crippen molar-refractivity contribution in [3.05, 3.63) is 22.2 Å². The van der Waals surface area contributed by atoms with E-state index in [0.29, 0.717) is 4.88 Å². The SMILES string of the molecule is [O-][NH+](O)c1ccc(/C=N/O)s1. The van der Waals surface area contributed by atoms with Crippen molar-refractivity contribution < 1.29 is 15.6 Å². The Labute approximate surface area is 66.3 Å². The molecule has 0 aliphatic heterocycles. The lowest BCUT2D eigenvalue weighted by Crippen LogP contribution is -2.98. The lowest BCUT2D eigenvalue weighted by molar-refractivity contribution is -0.989. The summed E-state index contributed by atoms with van der Waals surface area (Å²) in [6, 6.07) is 3.04. The van der Waals surface area contributed by atoms with Crippen LogP contribution in [0.3, 0.4) is 0 Å². The third-order valence-corrected chi connectivity index (χ3v) is 2.03. The fourth-order valence-corrected chi connectivity index (χ4v) is 1.31. The highest BCUT2D eigenvalue weighted by Crippen LogP contribution is 2.15. The molecular formula is C5H6N2O3S. The molecular weight excluding hydrogens is 168 g/mol. The molecule has 0 aliphatic rings. The second kappa shape index (κ2) is 3.44. The number of oxime groups is 1. The molecule has 6 heteroatoms. The second-order valence-corrected chi connectivity index (χ2v) is 2.87. The maximum atomic E-state index is 10.3. The van der Waals surface area contributed by atoms with E-state index in [1.807, 2.05) is 0 Å². The molecule has 11 heavy (non-hydrogen) atoms. The molecule has 0 saturated heterocycles. The first-order valence-corrected chi connectivity index (χ1v) is 3.56. The summed E-state index contributed by atoms with van der Waals surface area (Å²) in [5, 5.41) is 28.9. The van der Waals surface area contributed by atoms with Crippen LogP contribution in [0.25, 0.3) is 0 Å². The minimum atomic E-state index is -0.965. The van der Waals surface area contributed by atoms with E-state index >= 15 is 0 Å². The molecule has 0 radical (unpaired) electrons. The zero-order valence-corrected chi connectivity index (χ0v) is 6.21. The van der Waals surface area contributed by atoms with Crippen LogP contribution in [0.15, 0.2) is 17.3 Å². The van der Waals surface area contributed by atoms with Crippen LogP contribution >= 0.6 is 11.3 Å². The quantitative estimate of drug-likeness (QED) is 0.334. The van der Waals surface area contributed by atoms with Crippen molar-refractivity contribution in [2.45, 2.75) is 0 Å². The first-order valence-electron chi connectivity index (χ1n) is 2.74. The first kappa shape index (κ1) is 8.15. The van der Waals surface area contributed by atoms with Gasteiger partial charge in [-0.2, -0.15) is 5.23 Å². The molecule has 1 rings (SSSR count). The van der Waals surface area contributed by atoms with Crippen molar-refractivity contribution in [1.82, 2.24) is 0 Å². The van der Waals surface area contributed by atoms with E-state index in [-0.39, 0.29) is 5.00 Å². The Balaban J connectivity index is 2.81. The Hall–Kier alpha value is -0.950. The summed E-state index contributed by atoms with van der Waals surface area (Å²) in [7, 11) is 0. The van der Waals surface area contributed by atoms with Crippen molar-refractivity contribution in [3.8, 4) is 0 Å². The van der Waals surface area contributed by atoms with Crippen LogP contribution in [0.1, 0.15) is 4.88 Å². The zero-order valence-electron chi connectivity index (χ0n) is 5.39. The Morgan fingerprint density at radius 2 is 2.36 bits per heavy atom. The van der Waals surface area contributed by atoms with Crippen LogP contribution in [-0.2, 0) is 0 Å². The molecule has 0 fully saturated rings. The Morgan fingerprint density at radius 1 is 1.64 bits per heavy atom. The van der Waals surface area contributed by atoms with Gasteiger partial charge in [0.05, 0.1) is 11.1 Å². The van der Waals surface area contributed by atoms with Gasteiger partial charge in [-0.1, -0.05) is 16.5 Å². The average Bonchev–Trinajstić information content (AvgIpc) is 2.37. The highest BCUT2D eigenvalue weighted by atomic mass is 32.1. The van der Waals surface area contributed by atoms with Gasteiger partial charge < -0.3 is 10.4 Å². The number of rotatable bonds is 2. The summed E-state index contributed by atoms with van der Waals surface area (Å²) < 4.78 is 0. The Morgan fingerprint density at radius 3 is 2.82 bits per heavy atom. The number of quaternary nitrogens is 1. The summed E-state index contributed by atoms with van der Waals surface area (Å²) >= 11 is 1.06. The molecule has 1 aromatic rings. The van der Waals surface area contributed by atoms with E-state index in [0.717, 1.165) is 11.3 Å². The predicted molar refractivity (Wildman–Crippen MR) is 39.5 cm³/mol. The number of thiophene rings is 1. The molecule has 3 N–H and O–H groups in total. The fourth-order valence-electron chi connectivity index (χ4n) is 0.594. The largest absolute Gasteiger partial charge is 0.594 e. The van der Waals surface area contributed by atoms with Crippen LogP contribution in [0.2, 0.25) is 0 Å². The normalized spacial score (nSPS) is 14.0. The van der Waals surface area contributed by atoms with Crippen LogP contribution in [0, 0.1) is 5.21 Å². The van der Waals surface area contributed by atoms with Gasteiger partial charge in [0, 0.05) is 6.07 Å². The van der Waals surface area contributed by atoms with Gasteiger partial charge in [-0.15, -0.1) is 0 Å². The van der Waals surface area contributed by atoms with E-state index in [2.05, 4.69) is 5.16 Å². The van der Waals surface area contributed by atoms with Crippen LogP contribution < -0.4 is 5.23 Å². The standard InChI is InChI=1S/C5H6N2O3S/c8-6-3-4-1-2-5(11-4)7(9)10/h1-3,7-9H/b6-3+. The van der Waals surface area contributed by atoms with E-state index in [1.165, 1.54) is 12.3 Å². The van der Waals surface area contributed by atoms with E-state index in [4.69, 9.17) is 10.4 Å². The highest BCUT2D eigenvalue weighted by Gasteiger charge is 2.02.